The average molecular weight is 248 g/mol. The molecular weight excluding hydrogens is 232 g/mol. The van der Waals surface area contributed by atoms with Crippen LogP contribution in [-0.2, 0) is 10.0 Å². The summed E-state index contributed by atoms with van der Waals surface area (Å²) in [6.07, 6.45) is 3.03. The van der Waals surface area contributed by atoms with Crippen LogP contribution in [0, 0.1) is 11.3 Å². The summed E-state index contributed by atoms with van der Waals surface area (Å²) in [5, 5.41) is 8.75. The van der Waals surface area contributed by atoms with E-state index in [2.05, 4.69) is 11.6 Å². The second kappa shape index (κ2) is 5.73. The lowest BCUT2D eigenvalue weighted by molar-refractivity contribution is 0.558. The number of sulfonamides is 1. The van der Waals surface area contributed by atoms with E-state index in [4.69, 9.17) is 5.26 Å². The van der Waals surface area contributed by atoms with Gasteiger partial charge in [0.25, 0.3) is 0 Å². The Balaban J connectivity index is 2.54. The van der Waals surface area contributed by atoms with Crippen molar-refractivity contribution in [1.29, 1.82) is 5.26 Å². The summed E-state index contributed by atoms with van der Waals surface area (Å²) in [4.78, 5) is 0. The Hall–Kier alpha value is -0.250. The van der Waals surface area contributed by atoms with E-state index in [1.54, 1.807) is 17.8 Å². The van der Waals surface area contributed by atoms with Crippen LogP contribution in [0.15, 0.2) is 0 Å². The molecule has 0 saturated heterocycles. The van der Waals surface area contributed by atoms with Crippen molar-refractivity contribution in [3.05, 3.63) is 0 Å². The molecule has 86 valence electrons. The van der Waals surface area contributed by atoms with Crippen molar-refractivity contribution < 1.29 is 8.42 Å². The molecule has 0 aromatic rings. The number of rotatable bonds is 5. The maximum atomic E-state index is 11.4. The molecule has 1 fully saturated rings. The van der Waals surface area contributed by atoms with Crippen molar-refractivity contribution in [3.8, 4) is 6.07 Å². The fourth-order valence-electron chi connectivity index (χ4n) is 1.83. The highest BCUT2D eigenvalue weighted by Gasteiger charge is 2.30. The molecule has 1 saturated carbocycles. The Bertz CT molecular complexity index is 335. The SMILES string of the molecule is CCSC1CCCC1NS(=O)(=O)CC#N. The molecule has 1 rings (SSSR count). The van der Waals surface area contributed by atoms with E-state index in [9.17, 15) is 8.42 Å². The molecule has 1 aliphatic rings. The highest BCUT2D eigenvalue weighted by molar-refractivity contribution is 8.00. The van der Waals surface area contributed by atoms with Crippen LogP contribution in [0.1, 0.15) is 26.2 Å². The number of hydrogen-bond acceptors (Lipinski definition) is 4. The number of nitrogens with one attached hydrogen (secondary N) is 1. The zero-order valence-corrected chi connectivity index (χ0v) is 10.4. The van der Waals surface area contributed by atoms with Gasteiger partial charge in [-0.1, -0.05) is 13.3 Å². The first-order valence-electron chi connectivity index (χ1n) is 5.07. The van der Waals surface area contributed by atoms with Gasteiger partial charge in [-0.25, -0.2) is 13.1 Å². The van der Waals surface area contributed by atoms with Crippen LogP contribution in [0.3, 0.4) is 0 Å². The first-order chi connectivity index (χ1) is 7.09. The summed E-state index contributed by atoms with van der Waals surface area (Å²) >= 11 is 1.80. The van der Waals surface area contributed by atoms with Crippen LogP contribution in [0.2, 0.25) is 0 Å². The Morgan fingerprint density at radius 1 is 1.53 bits per heavy atom. The normalized spacial score (nSPS) is 26.4. The monoisotopic (exact) mass is 248 g/mol. The fourth-order valence-corrected chi connectivity index (χ4v) is 4.11. The molecule has 4 nitrogen and oxygen atoms in total. The second-order valence-corrected chi connectivity index (χ2v) is 6.84. The largest absolute Gasteiger partial charge is 0.225 e. The molecule has 1 N–H and O–H groups in total. The van der Waals surface area contributed by atoms with Crippen LogP contribution in [0.4, 0.5) is 0 Å². The molecular formula is C9H16N2O2S2. The van der Waals surface area contributed by atoms with Crippen LogP contribution in [0.5, 0.6) is 0 Å². The molecule has 0 radical (unpaired) electrons. The van der Waals surface area contributed by atoms with E-state index < -0.39 is 15.8 Å². The smallest absolute Gasteiger partial charge is 0.211 e. The topological polar surface area (TPSA) is 70.0 Å². The Morgan fingerprint density at radius 3 is 2.87 bits per heavy atom. The molecule has 0 bridgehead atoms. The standard InChI is InChI=1S/C9H16N2O2S2/c1-2-14-9-5-3-4-8(9)11-15(12,13)7-6-10/h8-9,11H,2-5,7H2,1H3. The molecule has 2 unspecified atom stereocenters. The maximum Gasteiger partial charge on any atom is 0.225 e. The van der Waals surface area contributed by atoms with Crippen molar-refractivity contribution in [2.24, 2.45) is 0 Å². The van der Waals surface area contributed by atoms with Gasteiger partial charge in [-0.05, 0) is 18.6 Å². The predicted molar refractivity (Wildman–Crippen MR) is 62.1 cm³/mol. The number of nitrogens with zero attached hydrogens (tertiary/aromatic N) is 1. The third kappa shape index (κ3) is 4.01. The Labute approximate surface area is 95.5 Å². The summed E-state index contributed by atoms with van der Waals surface area (Å²) < 4.78 is 25.4. The zero-order valence-electron chi connectivity index (χ0n) is 8.77. The van der Waals surface area contributed by atoms with Crippen LogP contribution >= 0.6 is 11.8 Å². The van der Waals surface area contributed by atoms with Crippen molar-refractivity contribution in [3.63, 3.8) is 0 Å². The maximum absolute atomic E-state index is 11.4. The van der Waals surface area contributed by atoms with Gasteiger partial charge in [0.1, 0.15) is 0 Å². The average Bonchev–Trinajstić information content (AvgIpc) is 2.52. The molecule has 0 amide bonds. The van der Waals surface area contributed by atoms with E-state index in [1.807, 2.05) is 0 Å². The minimum absolute atomic E-state index is 0.0216. The fraction of sp³-hybridized carbons (Fsp3) is 0.889. The summed E-state index contributed by atoms with van der Waals surface area (Å²) in [5.74, 6) is 0.564. The third-order valence-corrected chi connectivity index (χ3v) is 4.92. The summed E-state index contributed by atoms with van der Waals surface area (Å²) in [7, 11) is -3.39. The molecule has 0 heterocycles. The lowest BCUT2D eigenvalue weighted by atomic mass is 10.3. The molecule has 15 heavy (non-hydrogen) atoms. The van der Waals surface area contributed by atoms with E-state index in [1.165, 1.54) is 0 Å². The summed E-state index contributed by atoms with van der Waals surface area (Å²) in [6, 6.07) is 1.69. The lowest BCUT2D eigenvalue weighted by Gasteiger charge is -2.19. The predicted octanol–water partition coefficient (Wildman–Crippen LogP) is 1.10. The lowest BCUT2D eigenvalue weighted by Crippen LogP contribution is -2.39. The Kier molecular flexibility index (Phi) is 4.90. The van der Waals surface area contributed by atoms with Crippen LogP contribution in [-0.4, -0.2) is 31.2 Å². The summed E-state index contributed by atoms with van der Waals surface area (Å²) in [5.41, 5.74) is 0. The molecule has 0 aliphatic heterocycles. The minimum atomic E-state index is -3.39. The van der Waals surface area contributed by atoms with Crippen LogP contribution in [0.25, 0.3) is 0 Å². The van der Waals surface area contributed by atoms with Gasteiger partial charge in [0.2, 0.25) is 10.0 Å². The molecule has 6 heteroatoms. The second-order valence-electron chi connectivity index (χ2n) is 3.57. The van der Waals surface area contributed by atoms with Gasteiger partial charge >= 0.3 is 0 Å². The van der Waals surface area contributed by atoms with E-state index in [0.29, 0.717) is 5.25 Å². The van der Waals surface area contributed by atoms with Crippen molar-refractivity contribution in [1.82, 2.24) is 4.72 Å². The summed E-state index contributed by atoms with van der Waals surface area (Å²) in [6.45, 7) is 2.07. The molecule has 0 spiro atoms. The molecule has 0 aromatic heterocycles. The minimum Gasteiger partial charge on any atom is -0.211 e. The van der Waals surface area contributed by atoms with Gasteiger partial charge in [0.15, 0.2) is 5.75 Å². The number of thioether (sulfide) groups is 1. The highest BCUT2D eigenvalue weighted by atomic mass is 32.2. The highest BCUT2D eigenvalue weighted by Crippen LogP contribution is 2.30. The van der Waals surface area contributed by atoms with E-state index in [0.717, 1.165) is 25.0 Å². The van der Waals surface area contributed by atoms with Gasteiger partial charge in [0, 0.05) is 11.3 Å². The van der Waals surface area contributed by atoms with Gasteiger partial charge in [-0.2, -0.15) is 17.0 Å². The van der Waals surface area contributed by atoms with E-state index in [-0.39, 0.29) is 6.04 Å². The molecule has 1 aliphatic carbocycles. The van der Waals surface area contributed by atoms with Crippen molar-refractivity contribution in [2.75, 3.05) is 11.5 Å². The number of hydrogen-bond donors (Lipinski definition) is 1. The van der Waals surface area contributed by atoms with Gasteiger partial charge in [0.05, 0.1) is 6.07 Å². The van der Waals surface area contributed by atoms with Crippen LogP contribution < -0.4 is 4.72 Å². The first kappa shape index (κ1) is 12.8. The Morgan fingerprint density at radius 2 is 2.27 bits per heavy atom. The van der Waals surface area contributed by atoms with Gasteiger partial charge in [-0.3, -0.25) is 0 Å². The van der Waals surface area contributed by atoms with Crippen molar-refractivity contribution >= 4 is 21.8 Å². The molecule has 0 aromatic carbocycles. The zero-order chi connectivity index (χ0) is 11.3. The quantitative estimate of drug-likeness (QED) is 0.791. The van der Waals surface area contributed by atoms with Crippen molar-refractivity contribution in [2.45, 2.75) is 37.5 Å². The van der Waals surface area contributed by atoms with Gasteiger partial charge < -0.3 is 0 Å². The first-order valence-corrected chi connectivity index (χ1v) is 7.77. The number of nitriles is 1. The molecule has 2 atom stereocenters. The van der Waals surface area contributed by atoms with E-state index >= 15 is 0 Å². The van der Waals surface area contributed by atoms with Gasteiger partial charge in [-0.15, -0.1) is 0 Å². The third-order valence-electron chi connectivity index (χ3n) is 2.42.